The summed E-state index contributed by atoms with van der Waals surface area (Å²) in [6.07, 6.45) is 1.84. The molecule has 1 rings (SSSR count). The van der Waals surface area contributed by atoms with E-state index in [0.29, 0.717) is 32.1 Å². The number of hydrogen-bond donors (Lipinski definition) is 1. The first-order valence-corrected chi connectivity index (χ1v) is 8.03. The number of carbonyl (C=O) groups excluding carboxylic acids is 1. The fourth-order valence-corrected chi connectivity index (χ4v) is 2.61. The van der Waals surface area contributed by atoms with Crippen LogP contribution in [0.5, 0.6) is 0 Å². The molecule has 0 aromatic heterocycles. The van der Waals surface area contributed by atoms with Gasteiger partial charge in [0.15, 0.2) is 0 Å². The van der Waals surface area contributed by atoms with E-state index in [1.165, 1.54) is 0 Å². The van der Waals surface area contributed by atoms with E-state index < -0.39 is 11.7 Å². The summed E-state index contributed by atoms with van der Waals surface area (Å²) >= 11 is 0. The first-order valence-electron chi connectivity index (χ1n) is 8.03. The molecule has 0 aliphatic carbocycles. The fraction of sp³-hybridized carbons (Fsp3) is 0.938. The third kappa shape index (κ3) is 5.83. The molecule has 5 heteroatoms. The zero-order valence-corrected chi connectivity index (χ0v) is 14.1. The van der Waals surface area contributed by atoms with E-state index >= 15 is 0 Å². The van der Waals surface area contributed by atoms with Crippen LogP contribution in [0.1, 0.15) is 53.9 Å². The highest BCUT2D eigenvalue weighted by atomic mass is 16.6. The molecular formula is C16H31NO4. The van der Waals surface area contributed by atoms with Crippen molar-refractivity contribution in [3.05, 3.63) is 0 Å². The summed E-state index contributed by atoms with van der Waals surface area (Å²) in [4.78, 5) is 13.9. The van der Waals surface area contributed by atoms with Crippen LogP contribution in [0.4, 0.5) is 4.79 Å². The minimum atomic E-state index is -0.567. The van der Waals surface area contributed by atoms with E-state index in [-0.39, 0.29) is 12.1 Å². The van der Waals surface area contributed by atoms with Gasteiger partial charge in [-0.2, -0.15) is 0 Å². The van der Waals surface area contributed by atoms with Gasteiger partial charge in [-0.1, -0.05) is 26.7 Å². The first-order chi connectivity index (χ1) is 9.78. The van der Waals surface area contributed by atoms with Crippen LogP contribution in [0.3, 0.4) is 0 Å². The van der Waals surface area contributed by atoms with E-state index in [1.54, 1.807) is 4.90 Å². The van der Waals surface area contributed by atoms with Crippen LogP contribution in [0, 0.1) is 5.92 Å². The van der Waals surface area contributed by atoms with Crippen LogP contribution in [-0.2, 0) is 9.47 Å². The van der Waals surface area contributed by atoms with Gasteiger partial charge in [0.05, 0.1) is 25.4 Å². The number of morpholine rings is 1. The maximum Gasteiger partial charge on any atom is 0.410 e. The average Bonchev–Trinajstić information content (AvgIpc) is 2.42. The zero-order chi connectivity index (χ0) is 16.0. The molecule has 2 atom stereocenters. The van der Waals surface area contributed by atoms with Crippen molar-refractivity contribution in [2.75, 3.05) is 19.8 Å². The van der Waals surface area contributed by atoms with Crippen molar-refractivity contribution in [3.8, 4) is 0 Å². The largest absolute Gasteiger partial charge is 0.444 e. The van der Waals surface area contributed by atoms with Crippen LogP contribution in [0.15, 0.2) is 0 Å². The van der Waals surface area contributed by atoms with Crippen molar-refractivity contribution in [1.29, 1.82) is 0 Å². The Bertz CT molecular complexity index is 323. The Morgan fingerprint density at radius 2 is 2.00 bits per heavy atom. The van der Waals surface area contributed by atoms with Crippen molar-refractivity contribution >= 4 is 6.09 Å². The molecule has 21 heavy (non-hydrogen) atoms. The average molecular weight is 301 g/mol. The lowest BCUT2D eigenvalue weighted by atomic mass is 9.92. The minimum Gasteiger partial charge on any atom is -0.444 e. The summed E-state index contributed by atoms with van der Waals surface area (Å²) in [6, 6.07) is -0.311. The van der Waals surface area contributed by atoms with Crippen molar-refractivity contribution in [3.63, 3.8) is 0 Å². The zero-order valence-electron chi connectivity index (χ0n) is 14.1. The Balaban J connectivity index is 2.70. The Morgan fingerprint density at radius 1 is 1.38 bits per heavy atom. The van der Waals surface area contributed by atoms with E-state index in [0.717, 1.165) is 12.8 Å². The number of rotatable bonds is 5. The Hall–Kier alpha value is -0.810. The summed E-state index contributed by atoms with van der Waals surface area (Å²) in [5, 5.41) is 10.5. The predicted molar refractivity (Wildman–Crippen MR) is 82.2 cm³/mol. The Labute approximate surface area is 128 Å². The third-order valence-electron chi connectivity index (χ3n) is 3.97. The number of aliphatic hydroxyl groups excluding tert-OH is 1. The van der Waals surface area contributed by atoms with E-state index in [1.807, 2.05) is 20.8 Å². The van der Waals surface area contributed by atoms with Crippen molar-refractivity contribution in [1.82, 2.24) is 4.90 Å². The summed E-state index contributed by atoms with van der Waals surface area (Å²) in [5.74, 6) is 0.474. The predicted octanol–water partition coefficient (Wildman–Crippen LogP) is 2.81. The van der Waals surface area contributed by atoms with Gasteiger partial charge in [0, 0.05) is 6.54 Å². The third-order valence-corrected chi connectivity index (χ3v) is 3.97. The molecule has 1 heterocycles. The molecule has 0 aromatic rings. The number of carbonyl (C=O) groups is 1. The molecule has 1 amide bonds. The molecular weight excluding hydrogens is 270 g/mol. The molecule has 5 nitrogen and oxygen atoms in total. The maximum absolute atomic E-state index is 12.3. The van der Waals surface area contributed by atoms with E-state index in [4.69, 9.17) is 9.47 Å². The quantitative estimate of drug-likeness (QED) is 0.848. The van der Waals surface area contributed by atoms with Crippen LogP contribution < -0.4 is 0 Å². The lowest BCUT2D eigenvalue weighted by Crippen LogP contribution is -2.55. The van der Waals surface area contributed by atoms with Gasteiger partial charge in [0.2, 0.25) is 0 Å². The van der Waals surface area contributed by atoms with Crippen molar-refractivity contribution < 1.29 is 19.4 Å². The Morgan fingerprint density at radius 3 is 2.52 bits per heavy atom. The van der Waals surface area contributed by atoms with E-state index in [9.17, 15) is 9.90 Å². The highest BCUT2D eigenvalue weighted by Crippen LogP contribution is 2.22. The molecule has 0 bridgehead atoms. The molecule has 0 radical (unpaired) electrons. The number of amides is 1. The van der Waals surface area contributed by atoms with Crippen molar-refractivity contribution in [2.24, 2.45) is 5.92 Å². The van der Waals surface area contributed by atoms with Gasteiger partial charge in [0.25, 0.3) is 0 Å². The maximum atomic E-state index is 12.3. The number of hydrogen-bond acceptors (Lipinski definition) is 4. The van der Waals surface area contributed by atoms with Gasteiger partial charge in [-0.05, 0) is 33.1 Å². The van der Waals surface area contributed by atoms with Crippen LogP contribution in [-0.4, -0.2) is 53.6 Å². The highest BCUT2D eigenvalue weighted by Gasteiger charge is 2.35. The van der Waals surface area contributed by atoms with Crippen molar-refractivity contribution in [2.45, 2.75) is 71.6 Å². The summed E-state index contributed by atoms with van der Waals surface area (Å²) in [5.41, 5.74) is -0.528. The number of aliphatic hydroxyl groups is 1. The molecule has 1 aliphatic heterocycles. The van der Waals surface area contributed by atoms with Gasteiger partial charge in [0.1, 0.15) is 5.60 Å². The standard InChI is InChI=1S/C16H31NO4/c1-6-12(7-2)10-14(18)13-11-20-9-8-17(13)15(19)21-16(3,4)5/h12-14,18H,6-11H2,1-5H3. The topological polar surface area (TPSA) is 59.0 Å². The molecule has 124 valence electrons. The van der Waals surface area contributed by atoms with Gasteiger partial charge in [-0.15, -0.1) is 0 Å². The Kier molecular flexibility index (Phi) is 6.94. The van der Waals surface area contributed by atoms with Gasteiger partial charge in [-0.25, -0.2) is 4.79 Å². The summed E-state index contributed by atoms with van der Waals surface area (Å²) < 4.78 is 10.9. The molecule has 1 fully saturated rings. The molecule has 1 saturated heterocycles. The lowest BCUT2D eigenvalue weighted by Gasteiger charge is -2.39. The van der Waals surface area contributed by atoms with Gasteiger partial charge in [-0.3, -0.25) is 4.90 Å². The monoisotopic (exact) mass is 301 g/mol. The molecule has 0 aromatic carbocycles. The molecule has 1 N–H and O–H groups in total. The fourth-order valence-electron chi connectivity index (χ4n) is 2.61. The second-order valence-electron chi connectivity index (χ2n) is 6.80. The molecule has 2 unspecified atom stereocenters. The minimum absolute atomic E-state index is 0.311. The van der Waals surface area contributed by atoms with E-state index in [2.05, 4.69) is 13.8 Å². The number of nitrogens with zero attached hydrogens (tertiary/aromatic N) is 1. The van der Waals surface area contributed by atoms with Gasteiger partial charge >= 0.3 is 6.09 Å². The molecule has 1 aliphatic rings. The summed E-state index contributed by atoms with van der Waals surface area (Å²) in [6.45, 7) is 11.1. The lowest BCUT2D eigenvalue weighted by molar-refractivity contribution is -0.0708. The smallest absolute Gasteiger partial charge is 0.410 e. The van der Waals surface area contributed by atoms with Crippen LogP contribution >= 0.6 is 0 Å². The van der Waals surface area contributed by atoms with Crippen LogP contribution in [0.2, 0.25) is 0 Å². The number of ether oxygens (including phenoxy) is 2. The van der Waals surface area contributed by atoms with Gasteiger partial charge < -0.3 is 14.6 Å². The normalized spacial score (nSPS) is 21.5. The molecule has 0 spiro atoms. The molecule has 0 saturated carbocycles. The van der Waals surface area contributed by atoms with Crippen LogP contribution in [0.25, 0.3) is 0 Å². The highest BCUT2D eigenvalue weighted by molar-refractivity contribution is 5.68. The SMILES string of the molecule is CCC(CC)CC(O)C1COCCN1C(=O)OC(C)(C)C. The first kappa shape index (κ1) is 18.2. The summed E-state index contributed by atoms with van der Waals surface area (Å²) in [7, 11) is 0. The second-order valence-corrected chi connectivity index (χ2v) is 6.80. The second kappa shape index (κ2) is 7.99.